The summed E-state index contributed by atoms with van der Waals surface area (Å²) in [5, 5.41) is 12.0. The molecule has 0 radical (unpaired) electrons. The van der Waals surface area contributed by atoms with Crippen molar-refractivity contribution < 1.29 is 24.3 Å². The first-order valence-corrected chi connectivity index (χ1v) is 11.5. The van der Waals surface area contributed by atoms with Crippen molar-refractivity contribution in [2.24, 2.45) is 5.92 Å². The maximum Gasteiger partial charge on any atom is 0.335 e. The second kappa shape index (κ2) is 8.93. The number of carbonyl (C=O) groups excluding carboxylic acids is 3. The van der Waals surface area contributed by atoms with E-state index in [0.717, 1.165) is 11.3 Å². The molecular formula is C26H29N3O5. The number of likely N-dealkylation sites (N-methyl/N-ethyl adjacent to an activating group) is 1. The van der Waals surface area contributed by atoms with Crippen LogP contribution in [-0.2, 0) is 21.5 Å². The summed E-state index contributed by atoms with van der Waals surface area (Å²) < 4.78 is 0. The minimum Gasteiger partial charge on any atom is -0.478 e. The Bertz CT molecular complexity index is 1160. The molecule has 8 nitrogen and oxygen atoms in total. The number of carbonyl (C=O) groups is 4. The number of aromatic carboxylic acids is 1. The number of carboxylic acids is 1. The number of nitrogens with zero attached hydrogens (tertiary/aromatic N) is 2. The molecule has 2 aromatic rings. The lowest BCUT2D eigenvalue weighted by Crippen LogP contribution is -2.50. The number of piperidine rings is 1. The van der Waals surface area contributed by atoms with Crippen molar-refractivity contribution >= 4 is 29.4 Å². The molecule has 0 bridgehead atoms. The van der Waals surface area contributed by atoms with Gasteiger partial charge in [-0.1, -0.05) is 26.0 Å². The number of hydrogen-bond acceptors (Lipinski definition) is 4. The van der Waals surface area contributed by atoms with E-state index in [0.29, 0.717) is 37.1 Å². The summed E-state index contributed by atoms with van der Waals surface area (Å²) in [7, 11) is 1.75. The van der Waals surface area contributed by atoms with E-state index in [1.165, 1.54) is 12.1 Å². The first kappa shape index (κ1) is 23.5. The quantitative estimate of drug-likeness (QED) is 0.709. The Kier molecular flexibility index (Phi) is 6.17. The van der Waals surface area contributed by atoms with Gasteiger partial charge in [0.05, 0.1) is 11.0 Å². The van der Waals surface area contributed by atoms with Crippen LogP contribution in [-0.4, -0.2) is 53.8 Å². The van der Waals surface area contributed by atoms with E-state index in [1.54, 1.807) is 42.3 Å². The molecular weight excluding hydrogens is 434 g/mol. The monoisotopic (exact) mass is 463 g/mol. The van der Waals surface area contributed by atoms with Gasteiger partial charge in [0.15, 0.2) is 0 Å². The zero-order chi connectivity index (χ0) is 24.6. The second-order valence-electron chi connectivity index (χ2n) is 9.35. The van der Waals surface area contributed by atoms with Crippen molar-refractivity contribution in [1.82, 2.24) is 10.2 Å². The van der Waals surface area contributed by atoms with E-state index in [1.807, 2.05) is 18.7 Å². The van der Waals surface area contributed by atoms with Gasteiger partial charge in [-0.05, 0) is 54.3 Å². The van der Waals surface area contributed by atoms with Gasteiger partial charge in [0.25, 0.3) is 5.91 Å². The van der Waals surface area contributed by atoms with Crippen molar-refractivity contribution in [1.29, 1.82) is 0 Å². The highest BCUT2D eigenvalue weighted by molar-refractivity contribution is 6.09. The van der Waals surface area contributed by atoms with E-state index >= 15 is 0 Å². The van der Waals surface area contributed by atoms with Crippen LogP contribution < -0.4 is 10.2 Å². The van der Waals surface area contributed by atoms with Crippen LogP contribution in [0.1, 0.15) is 58.5 Å². The number of hydrogen-bond donors (Lipinski definition) is 2. The van der Waals surface area contributed by atoms with Gasteiger partial charge >= 0.3 is 5.97 Å². The molecule has 2 aliphatic heterocycles. The molecule has 2 aromatic carbocycles. The molecule has 34 heavy (non-hydrogen) atoms. The fourth-order valence-corrected chi connectivity index (χ4v) is 4.95. The highest BCUT2D eigenvalue weighted by Gasteiger charge is 2.51. The first-order chi connectivity index (χ1) is 16.1. The predicted molar refractivity (Wildman–Crippen MR) is 127 cm³/mol. The molecule has 2 aliphatic rings. The molecule has 0 saturated carbocycles. The zero-order valence-electron chi connectivity index (χ0n) is 19.6. The molecule has 1 spiro atoms. The van der Waals surface area contributed by atoms with Crippen LogP contribution in [0.5, 0.6) is 0 Å². The number of rotatable bonds is 5. The lowest BCUT2D eigenvalue weighted by Gasteiger charge is -2.39. The van der Waals surface area contributed by atoms with E-state index in [2.05, 4.69) is 5.32 Å². The van der Waals surface area contributed by atoms with Crippen molar-refractivity contribution in [3.8, 4) is 0 Å². The molecule has 4 rings (SSSR count). The van der Waals surface area contributed by atoms with Crippen molar-refractivity contribution in [2.45, 2.75) is 38.6 Å². The minimum atomic E-state index is -1.02. The fraction of sp³-hybridized carbons (Fsp3) is 0.385. The molecule has 0 unspecified atom stereocenters. The maximum absolute atomic E-state index is 13.3. The minimum absolute atomic E-state index is 0.00203. The van der Waals surface area contributed by atoms with E-state index in [-0.39, 0.29) is 35.7 Å². The molecule has 2 N–H and O–H groups in total. The predicted octanol–water partition coefficient (Wildman–Crippen LogP) is 2.81. The van der Waals surface area contributed by atoms with Crippen LogP contribution in [0.15, 0.2) is 42.5 Å². The van der Waals surface area contributed by atoms with Gasteiger partial charge in [0.2, 0.25) is 11.8 Å². The number of carboxylic acid groups (broad SMARTS) is 1. The number of anilines is 1. The molecule has 0 aliphatic carbocycles. The molecule has 2 heterocycles. The lowest BCUT2D eigenvalue weighted by atomic mass is 9.73. The van der Waals surface area contributed by atoms with Gasteiger partial charge in [0.1, 0.15) is 0 Å². The highest BCUT2D eigenvalue weighted by atomic mass is 16.4. The van der Waals surface area contributed by atoms with Crippen LogP contribution >= 0.6 is 0 Å². The number of nitrogens with one attached hydrogen (secondary N) is 1. The zero-order valence-corrected chi connectivity index (χ0v) is 19.6. The van der Waals surface area contributed by atoms with Gasteiger partial charge in [-0.15, -0.1) is 0 Å². The van der Waals surface area contributed by atoms with Gasteiger partial charge in [-0.2, -0.15) is 0 Å². The van der Waals surface area contributed by atoms with Crippen LogP contribution in [0.4, 0.5) is 5.69 Å². The van der Waals surface area contributed by atoms with Crippen molar-refractivity contribution in [3.05, 3.63) is 64.7 Å². The molecule has 1 saturated heterocycles. The number of amides is 3. The summed E-state index contributed by atoms with van der Waals surface area (Å²) in [4.78, 5) is 53.3. The lowest BCUT2D eigenvalue weighted by molar-refractivity contribution is -0.138. The van der Waals surface area contributed by atoms with Crippen LogP contribution in [0.25, 0.3) is 0 Å². The molecule has 178 valence electrons. The summed E-state index contributed by atoms with van der Waals surface area (Å²) in [6.07, 6.45) is 1.05. The molecule has 8 heteroatoms. The fourth-order valence-electron chi connectivity index (χ4n) is 4.95. The smallest absolute Gasteiger partial charge is 0.335 e. The summed E-state index contributed by atoms with van der Waals surface area (Å²) in [6, 6.07) is 11.7. The Hall–Kier alpha value is -3.68. The van der Waals surface area contributed by atoms with Crippen LogP contribution in [0.3, 0.4) is 0 Å². The van der Waals surface area contributed by atoms with Gasteiger partial charge in [-0.25, -0.2) is 4.79 Å². The Morgan fingerprint density at radius 2 is 1.76 bits per heavy atom. The van der Waals surface area contributed by atoms with Gasteiger partial charge < -0.3 is 20.2 Å². The molecule has 3 amide bonds. The standard InChI is InChI=1S/C26H29N3O5/c1-16(2)23(31)29-11-9-26(10-12-29)20-14-18(7-8-21(20)28(3)25(26)34)22(30)27-15-17-5-4-6-19(13-17)24(32)33/h4-8,13-14,16H,9-12,15H2,1-3H3,(H,27,30)(H,32,33). The number of likely N-dealkylation sites (tertiary alicyclic amines) is 1. The third kappa shape index (κ3) is 4.04. The molecule has 1 fully saturated rings. The summed E-state index contributed by atoms with van der Waals surface area (Å²) in [6.45, 7) is 4.95. The van der Waals surface area contributed by atoms with Crippen molar-refractivity contribution in [3.63, 3.8) is 0 Å². The largest absolute Gasteiger partial charge is 0.478 e. The van der Waals surface area contributed by atoms with Crippen LogP contribution in [0.2, 0.25) is 0 Å². The van der Waals surface area contributed by atoms with Crippen molar-refractivity contribution in [2.75, 3.05) is 25.0 Å². The number of fused-ring (bicyclic) bond motifs is 2. The second-order valence-corrected chi connectivity index (χ2v) is 9.35. The average molecular weight is 464 g/mol. The first-order valence-electron chi connectivity index (χ1n) is 11.5. The third-order valence-corrected chi connectivity index (χ3v) is 6.90. The van der Waals surface area contributed by atoms with E-state index in [4.69, 9.17) is 5.11 Å². The summed E-state index contributed by atoms with van der Waals surface area (Å²) in [5.41, 5.74) is 2.18. The highest BCUT2D eigenvalue weighted by Crippen LogP contribution is 2.47. The molecule has 0 aromatic heterocycles. The third-order valence-electron chi connectivity index (χ3n) is 6.90. The Balaban J connectivity index is 1.54. The summed E-state index contributed by atoms with van der Waals surface area (Å²) in [5.74, 6) is -1.31. The Morgan fingerprint density at radius 3 is 2.41 bits per heavy atom. The summed E-state index contributed by atoms with van der Waals surface area (Å²) >= 11 is 0. The SMILES string of the molecule is CC(C)C(=O)N1CCC2(CC1)C(=O)N(C)c1ccc(C(=O)NCc3cccc(C(=O)O)c3)cc12. The van der Waals surface area contributed by atoms with Crippen LogP contribution in [0, 0.1) is 5.92 Å². The topological polar surface area (TPSA) is 107 Å². The Morgan fingerprint density at radius 1 is 1.06 bits per heavy atom. The van der Waals surface area contributed by atoms with E-state index in [9.17, 15) is 19.2 Å². The van der Waals surface area contributed by atoms with E-state index < -0.39 is 11.4 Å². The van der Waals surface area contributed by atoms with Gasteiger partial charge in [0, 0.05) is 43.9 Å². The van der Waals surface area contributed by atoms with Gasteiger partial charge in [-0.3, -0.25) is 14.4 Å². The number of benzene rings is 2. The molecule has 0 atom stereocenters. The Labute approximate surface area is 198 Å². The average Bonchev–Trinajstić information content (AvgIpc) is 3.04. The normalized spacial score (nSPS) is 16.6. The maximum atomic E-state index is 13.3.